The molecule has 0 fully saturated rings. The normalized spacial score (nSPS) is 8.54. The van der Waals surface area contributed by atoms with Crippen LogP contribution in [-0.2, 0) is 0 Å². The fourth-order valence-corrected chi connectivity index (χ4v) is 1.40. The third kappa shape index (κ3) is 15.2. The van der Waals surface area contributed by atoms with Gasteiger partial charge in [0, 0.05) is 29.5 Å². The molecule has 146 valence electrons. The number of carbonyl (C=O) groups excluding carboxylic acids is 1. The van der Waals surface area contributed by atoms with Crippen LogP contribution < -0.4 is 5.11 Å². The largest absolute Gasteiger partial charge is 0.545 e. The molecule has 2 nitrogen and oxygen atoms in total. The van der Waals surface area contributed by atoms with Gasteiger partial charge in [0.05, 0.1) is 5.97 Å². The van der Waals surface area contributed by atoms with Crippen molar-refractivity contribution in [3.63, 3.8) is 0 Å². The molecule has 0 amide bonds. The van der Waals surface area contributed by atoms with Crippen molar-refractivity contribution in [1.82, 2.24) is 0 Å². The fraction of sp³-hybridized carbons (Fsp3) is 0.522. The zero-order valence-electron chi connectivity index (χ0n) is 17.6. The van der Waals surface area contributed by atoms with E-state index < -0.39 is 5.97 Å². The topological polar surface area (TPSA) is 40.1 Å². The van der Waals surface area contributed by atoms with Crippen LogP contribution in [0, 0.1) is 0 Å². The Bertz CT molecular complexity index is 532. The van der Waals surface area contributed by atoms with Crippen LogP contribution in [0.3, 0.4) is 0 Å². The second kappa shape index (κ2) is 22.0. The van der Waals surface area contributed by atoms with E-state index in [-0.39, 0.29) is 29.5 Å². The molecule has 0 aliphatic carbocycles. The van der Waals surface area contributed by atoms with Crippen LogP contribution in [0.5, 0.6) is 0 Å². The van der Waals surface area contributed by atoms with E-state index in [1.165, 1.54) is 38.5 Å². The maximum Gasteiger partial charge on any atom is 0.0721 e. The standard InChI is InChI=1S/C11H8O2.3C4H10.Sn/c12-11(13)10-7-3-5-8-4-1-2-6-9(8)10;3*1-3-4-2;/h1-7H,(H,12,13);3*3-4H2,1-2H3;/p-1. The van der Waals surface area contributed by atoms with Crippen molar-refractivity contribution in [3.05, 3.63) is 48.0 Å². The maximum atomic E-state index is 10.7. The van der Waals surface area contributed by atoms with Crippen molar-refractivity contribution >= 4 is 40.6 Å². The smallest absolute Gasteiger partial charge is 0.0721 e. The molecule has 0 bridgehead atoms. The van der Waals surface area contributed by atoms with Gasteiger partial charge in [-0.05, 0) is 10.8 Å². The van der Waals surface area contributed by atoms with Gasteiger partial charge in [0.15, 0.2) is 0 Å². The summed E-state index contributed by atoms with van der Waals surface area (Å²) in [6.07, 6.45) is 7.92. The molecule has 2 rings (SSSR count). The van der Waals surface area contributed by atoms with E-state index >= 15 is 0 Å². The summed E-state index contributed by atoms with van der Waals surface area (Å²) in [5.74, 6) is -1.13. The van der Waals surface area contributed by atoms with Crippen LogP contribution in [0.25, 0.3) is 10.8 Å². The first-order valence-corrected chi connectivity index (χ1v) is 9.72. The Morgan fingerprint density at radius 1 is 0.692 bits per heavy atom. The van der Waals surface area contributed by atoms with Crippen molar-refractivity contribution in [2.45, 2.75) is 80.1 Å². The van der Waals surface area contributed by atoms with Gasteiger partial charge in [-0.3, -0.25) is 0 Å². The van der Waals surface area contributed by atoms with E-state index in [1.807, 2.05) is 24.3 Å². The molecule has 26 heavy (non-hydrogen) atoms. The summed E-state index contributed by atoms with van der Waals surface area (Å²) in [5, 5.41) is 12.4. The van der Waals surface area contributed by atoms with Crippen molar-refractivity contribution < 1.29 is 9.90 Å². The molecule has 2 aromatic rings. The summed E-state index contributed by atoms with van der Waals surface area (Å²) >= 11 is 0. The Labute approximate surface area is 178 Å². The molecule has 0 aliphatic rings. The number of hydrogen-bond acceptors (Lipinski definition) is 2. The molecule has 3 heteroatoms. The van der Waals surface area contributed by atoms with Crippen LogP contribution in [0.15, 0.2) is 42.5 Å². The summed E-state index contributed by atoms with van der Waals surface area (Å²) in [4.78, 5) is 10.7. The Morgan fingerprint density at radius 2 is 1.08 bits per heavy atom. The van der Waals surface area contributed by atoms with Gasteiger partial charge in [-0.25, -0.2) is 0 Å². The van der Waals surface area contributed by atoms with Crippen LogP contribution in [0.1, 0.15) is 90.4 Å². The van der Waals surface area contributed by atoms with E-state index in [4.69, 9.17) is 0 Å². The molecule has 0 saturated heterocycles. The molecule has 4 radical (unpaired) electrons. The molecule has 0 atom stereocenters. The van der Waals surface area contributed by atoms with Gasteiger partial charge in [0.25, 0.3) is 0 Å². The van der Waals surface area contributed by atoms with E-state index in [1.54, 1.807) is 18.2 Å². The third-order valence-electron chi connectivity index (χ3n) is 3.51. The van der Waals surface area contributed by atoms with Crippen LogP contribution in [0.4, 0.5) is 0 Å². The van der Waals surface area contributed by atoms with Crippen molar-refractivity contribution in [3.8, 4) is 0 Å². The minimum atomic E-state index is -1.13. The molecular weight excluding hydrogens is 427 g/mol. The van der Waals surface area contributed by atoms with Gasteiger partial charge in [0.2, 0.25) is 0 Å². The van der Waals surface area contributed by atoms with Gasteiger partial charge < -0.3 is 9.90 Å². The summed E-state index contributed by atoms with van der Waals surface area (Å²) in [6.45, 7) is 13.1. The number of hydrogen-bond donors (Lipinski definition) is 0. The number of fused-ring (bicyclic) bond motifs is 1. The molecule has 0 aliphatic heterocycles. The van der Waals surface area contributed by atoms with Gasteiger partial charge in [-0.2, -0.15) is 0 Å². The molecule has 0 unspecified atom stereocenters. The SMILES string of the molecule is CCCC.CCCC.CCCC.O=C([O-])c1cccc2ccccc12.[Sn]. The van der Waals surface area contributed by atoms with E-state index in [0.29, 0.717) is 0 Å². The van der Waals surface area contributed by atoms with Gasteiger partial charge >= 0.3 is 0 Å². The summed E-state index contributed by atoms with van der Waals surface area (Å²) < 4.78 is 0. The Morgan fingerprint density at radius 3 is 1.46 bits per heavy atom. The van der Waals surface area contributed by atoms with Crippen molar-refractivity contribution in [1.29, 1.82) is 0 Å². The summed E-state index contributed by atoms with van der Waals surface area (Å²) in [6, 6.07) is 12.5. The first kappa shape index (κ1) is 29.7. The predicted molar refractivity (Wildman–Crippen MR) is 116 cm³/mol. The fourth-order valence-electron chi connectivity index (χ4n) is 1.40. The molecule has 0 saturated carbocycles. The zero-order chi connectivity index (χ0) is 19.5. The quantitative estimate of drug-likeness (QED) is 0.503. The molecule has 0 aromatic heterocycles. The van der Waals surface area contributed by atoms with Gasteiger partial charge in [-0.15, -0.1) is 0 Å². The summed E-state index contributed by atoms with van der Waals surface area (Å²) in [7, 11) is 0. The van der Waals surface area contributed by atoms with E-state index in [0.717, 1.165) is 10.8 Å². The van der Waals surface area contributed by atoms with E-state index in [9.17, 15) is 9.90 Å². The van der Waals surface area contributed by atoms with Gasteiger partial charge in [0.1, 0.15) is 0 Å². The monoisotopic (exact) mass is 465 g/mol. The van der Waals surface area contributed by atoms with Crippen molar-refractivity contribution in [2.24, 2.45) is 0 Å². The molecule has 2 aromatic carbocycles. The minimum Gasteiger partial charge on any atom is -0.545 e. The number of rotatable bonds is 4. The molecule has 0 heterocycles. The average molecular weight is 464 g/mol. The first-order valence-electron chi connectivity index (χ1n) is 9.72. The number of carbonyl (C=O) groups is 1. The Hall–Kier alpha value is -1.03. The Kier molecular flexibility index (Phi) is 25.2. The molecule has 0 spiro atoms. The van der Waals surface area contributed by atoms with Crippen LogP contribution in [-0.4, -0.2) is 29.9 Å². The first-order chi connectivity index (χ1) is 12.0. The number of aromatic carboxylic acids is 1. The zero-order valence-corrected chi connectivity index (χ0v) is 20.5. The molecular formula is C23H37O2Sn-. The number of benzene rings is 2. The second-order valence-electron chi connectivity index (χ2n) is 5.81. The van der Waals surface area contributed by atoms with Crippen molar-refractivity contribution in [2.75, 3.05) is 0 Å². The maximum absolute atomic E-state index is 10.7. The minimum absolute atomic E-state index is 0. The van der Waals surface area contributed by atoms with E-state index in [2.05, 4.69) is 41.5 Å². The average Bonchev–Trinajstić information content (AvgIpc) is 2.68. The third-order valence-corrected chi connectivity index (χ3v) is 3.51. The number of unbranched alkanes of at least 4 members (excludes halogenated alkanes) is 3. The van der Waals surface area contributed by atoms with Crippen LogP contribution in [0.2, 0.25) is 0 Å². The number of carboxylic acid groups (broad SMARTS) is 1. The Balaban J connectivity index is -0.000000342. The van der Waals surface area contributed by atoms with Crippen LogP contribution >= 0.6 is 0 Å². The van der Waals surface area contributed by atoms with Gasteiger partial charge in [-0.1, -0.05) is 123 Å². The summed E-state index contributed by atoms with van der Waals surface area (Å²) in [5.41, 5.74) is 0.248. The number of carboxylic acids is 1. The predicted octanol–water partition coefficient (Wildman–Crippen LogP) is 6.24. The molecule has 0 N–H and O–H groups in total. The second-order valence-corrected chi connectivity index (χ2v) is 5.81.